The normalized spacial score (nSPS) is 12.2. The molecule has 0 amide bonds. The largest absolute Gasteiger partial charge is 0.481 e. The lowest BCUT2D eigenvalue weighted by Gasteiger charge is -2.17. The van der Waals surface area contributed by atoms with Crippen molar-refractivity contribution in [2.75, 3.05) is 34.5 Å². The number of hydrogen-bond acceptors (Lipinski definition) is 7. The van der Waals surface area contributed by atoms with Crippen LogP contribution in [0.25, 0.3) is 0 Å². The Labute approximate surface area is 106 Å². The Balaban J connectivity index is 2.75. The Bertz CT molecular complexity index is 340. The van der Waals surface area contributed by atoms with E-state index in [0.717, 1.165) is 0 Å². The van der Waals surface area contributed by atoms with Crippen molar-refractivity contribution >= 4 is 0 Å². The summed E-state index contributed by atoms with van der Waals surface area (Å²) >= 11 is 0. The van der Waals surface area contributed by atoms with Gasteiger partial charge in [0.2, 0.25) is 11.8 Å². The summed E-state index contributed by atoms with van der Waals surface area (Å²) in [6, 6.07) is -0.162. The van der Waals surface area contributed by atoms with E-state index in [1.165, 1.54) is 20.5 Å². The van der Waals surface area contributed by atoms with Gasteiger partial charge in [-0.3, -0.25) is 0 Å². The summed E-state index contributed by atoms with van der Waals surface area (Å²) in [5, 5.41) is 12.3. The number of hydrogen-bond donors (Lipinski definition) is 2. The summed E-state index contributed by atoms with van der Waals surface area (Å²) in [5.74, 6) is 0.895. The van der Waals surface area contributed by atoms with E-state index < -0.39 is 0 Å². The number of aliphatic hydroxyl groups excluding tert-OH is 1. The molecule has 1 atom stereocenters. The average molecular weight is 257 g/mol. The van der Waals surface area contributed by atoms with Gasteiger partial charge in [-0.05, 0) is 0 Å². The molecule has 0 spiro atoms. The highest BCUT2D eigenvalue weighted by Gasteiger charge is 2.14. The molecule has 0 radical (unpaired) electrons. The zero-order valence-corrected chi connectivity index (χ0v) is 10.8. The Morgan fingerprint density at radius 1 is 1.22 bits per heavy atom. The highest BCUT2D eigenvalue weighted by molar-refractivity contribution is 5.34. The standard InChI is InChI=1S/C11H19N3O4/c1-16-6-8(5-15)12-4-9-10(17-2)13-7-14-11(9)18-3/h7-8,12,15H,4-6H2,1-3H3. The molecule has 1 heterocycles. The van der Waals surface area contributed by atoms with Crippen molar-refractivity contribution in [1.29, 1.82) is 0 Å². The topological polar surface area (TPSA) is 85.7 Å². The second kappa shape index (κ2) is 7.80. The fraction of sp³-hybridized carbons (Fsp3) is 0.636. The zero-order valence-electron chi connectivity index (χ0n) is 10.8. The predicted octanol–water partition coefficient (Wildman–Crippen LogP) is -0.409. The SMILES string of the molecule is COCC(CO)NCc1c(OC)ncnc1OC. The molecule has 18 heavy (non-hydrogen) atoms. The molecule has 2 N–H and O–H groups in total. The number of aromatic nitrogens is 2. The maximum atomic E-state index is 9.15. The lowest BCUT2D eigenvalue weighted by atomic mass is 10.2. The molecule has 0 saturated heterocycles. The van der Waals surface area contributed by atoms with Gasteiger partial charge in [0.15, 0.2) is 0 Å². The molecule has 7 nitrogen and oxygen atoms in total. The predicted molar refractivity (Wildman–Crippen MR) is 64.7 cm³/mol. The van der Waals surface area contributed by atoms with Gasteiger partial charge in [-0.2, -0.15) is 0 Å². The van der Waals surface area contributed by atoms with Crippen LogP contribution in [0.3, 0.4) is 0 Å². The molecule has 0 bridgehead atoms. The van der Waals surface area contributed by atoms with Crippen LogP contribution in [0, 0.1) is 0 Å². The molecular formula is C11H19N3O4. The number of methoxy groups -OCH3 is 3. The van der Waals surface area contributed by atoms with Crippen LogP contribution < -0.4 is 14.8 Å². The first-order valence-electron chi connectivity index (χ1n) is 5.51. The van der Waals surface area contributed by atoms with Crippen LogP contribution >= 0.6 is 0 Å². The molecular weight excluding hydrogens is 238 g/mol. The van der Waals surface area contributed by atoms with Crippen molar-refractivity contribution in [3.8, 4) is 11.8 Å². The Hall–Kier alpha value is -1.44. The van der Waals surface area contributed by atoms with Gasteiger partial charge < -0.3 is 24.6 Å². The van der Waals surface area contributed by atoms with Crippen molar-refractivity contribution < 1.29 is 19.3 Å². The van der Waals surface area contributed by atoms with Crippen molar-refractivity contribution in [2.45, 2.75) is 12.6 Å². The highest BCUT2D eigenvalue weighted by Crippen LogP contribution is 2.22. The average Bonchev–Trinajstić information content (AvgIpc) is 2.42. The van der Waals surface area contributed by atoms with Gasteiger partial charge in [-0.1, -0.05) is 0 Å². The molecule has 0 aromatic carbocycles. The van der Waals surface area contributed by atoms with E-state index >= 15 is 0 Å². The van der Waals surface area contributed by atoms with Crippen LogP contribution in [0.1, 0.15) is 5.56 Å². The van der Waals surface area contributed by atoms with E-state index in [1.54, 1.807) is 7.11 Å². The number of aliphatic hydroxyl groups is 1. The van der Waals surface area contributed by atoms with Crippen LogP contribution in [0.5, 0.6) is 11.8 Å². The van der Waals surface area contributed by atoms with Gasteiger partial charge in [0.1, 0.15) is 6.33 Å². The summed E-state index contributed by atoms with van der Waals surface area (Å²) in [6.07, 6.45) is 1.37. The van der Waals surface area contributed by atoms with Gasteiger partial charge in [-0.25, -0.2) is 9.97 Å². The van der Waals surface area contributed by atoms with E-state index in [9.17, 15) is 0 Å². The van der Waals surface area contributed by atoms with Crippen LogP contribution in [0.4, 0.5) is 0 Å². The van der Waals surface area contributed by atoms with Gasteiger partial charge in [0.25, 0.3) is 0 Å². The van der Waals surface area contributed by atoms with Crippen molar-refractivity contribution in [3.63, 3.8) is 0 Å². The fourth-order valence-corrected chi connectivity index (χ4v) is 1.51. The van der Waals surface area contributed by atoms with Crippen molar-refractivity contribution in [3.05, 3.63) is 11.9 Å². The first-order chi connectivity index (χ1) is 8.76. The molecule has 1 unspecified atom stereocenters. The molecule has 102 valence electrons. The molecule has 0 fully saturated rings. The number of ether oxygens (including phenoxy) is 3. The zero-order chi connectivity index (χ0) is 13.4. The van der Waals surface area contributed by atoms with Gasteiger partial charge >= 0.3 is 0 Å². The molecule has 1 rings (SSSR count). The highest BCUT2D eigenvalue weighted by atomic mass is 16.5. The van der Waals surface area contributed by atoms with Crippen LogP contribution in [-0.4, -0.2) is 55.7 Å². The Kier molecular flexibility index (Phi) is 6.34. The minimum atomic E-state index is -0.162. The quantitative estimate of drug-likeness (QED) is 0.654. The third-order valence-corrected chi connectivity index (χ3v) is 2.41. The minimum Gasteiger partial charge on any atom is -0.481 e. The summed E-state index contributed by atoms with van der Waals surface area (Å²) in [5.41, 5.74) is 0.706. The third kappa shape index (κ3) is 3.80. The van der Waals surface area contributed by atoms with Gasteiger partial charge in [0.05, 0.1) is 39.0 Å². The molecule has 0 aliphatic rings. The summed E-state index contributed by atoms with van der Waals surface area (Å²) in [7, 11) is 4.64. The van der Waals surface area contributed by atoms with E-state index in [4.69, 9.17) is 19.3 Å². The fourth-order valence-electron chi connectivity index (χ4n) is 1.51. The van der Waals surface area contributed by atoms with Crippen LogP contribution in [0.2, 0.25) is 0 Å². The molecule has 0 aliphatic carbocycles. The first-order valence-corrected chi connectivity index (χ1v) is 5.51. The number of nitrogens with zero attached hydrogens (tertiary/aromatic N) is 2. The second-order valence-corrected chi connectivity index (χ2v) is 3.59. The Morgan fingerprint density at radius 3 is 2.28 bits per heavy atom. The summed E-state index contributed by atoms with van der Waals surface area (Å²) in [4.78, 5) is 8.02. The first kappa shape index (κ1) is 14.6. The van der Waals surface area contributed by atoms with Crippen molar-refractivity contribution in [1.82, 2.24) is 15.3 Å². The Morgan fingerprint density at radius 2 is 1.83 bits per heavy atom. The molecule has 0 saturated carbocycles. The van der Waals surface area contributed by atoms with E-state index in [2.05, 4.69) is 15.3 Å². The van der Waals surface area contributed by atoms with E-state index in [0.29, 0.717) is 30.5 Å². The third-order valence-electron chi connectivity index (χ3n) is 2.41. The number of nitrogens with one attached hydrogen (secondary N) is 1. The number of rotatable bonds is 8. The van der Waals surface area contributed by atoms with Crippen LogP contribution in [0.15, 0.2) is 6.33 Å². The van der Waals surface area contributed by atoms with E-state index in [1.807, 2.05) is 0 Å². The minimum absolute atomic E-state index is 0.0217. The van der Waals surface area contributed by atoms with Crippen LogP contribution in [-0.2, 0) is 11.3 Å². The smallest absolute Gasteiger partial charge is 0.224 e. The molecule has 0 aliphatic heterocycles. The summed E-state index contributed by atoms with van der Waals surface area (Å²) < 4.78 is 15.3. The lowest BCUT2D eigenvalue weighted by Crippen LogP contribution is -2.36. The second-order valence-electron chi connectivity index (χ2n) is 3.59. The summed E-state index contributed by atoms with van der Waals surface area (Å²) in [6.45, 7) is 0.808. The maximum absolute atomic E-state index is 9.15. The molecule has 1 aromatic rings. The molecule has 1 aromatic heterocycles. The maximum Gasteiger partial charge on any atom is 0.224 e. The van der Waals surface area contributed by atoms with Crippen molar-refractivity contribution in [2.24, 2.45) is 0 Å². The van der Waals surface area contributed by atoms with Gasteiger partial charge in [-0.15, -0.1) is 0 Å². The monoisotopic (exact) mass is 257 g/mol. The molecule has 7 heteroatoms. The van der Waals surface area contributed by atoms with Gasteiger partial charge in [0, 0.05) is 13.7 Å². The van der Waals surface area contributed by atoms with E-state index in [-0.39, 0.29) is 12.6 Å². The lowest BCUT2D eigenvalue weighted by molar-refractivity contribution is 0.127.